The standard InChI is InChI=1S/C14H19BrN2O3/c1-9(12(18)20-14(2,3)4)16-6-5-11-7-10(15)8-17(11)13(16)19/h7-9H,5-6H2,1-4H3. The number of ether oxygens (including phenoxy) is 1. The Kier molecular flexibility index (Phi) is 3.95. The summed E-state index contributed by atoms with van der Waals surface area (Å²) in [4.78, 5) is 26.0. The third kappa shape index (κ3) is 3.06. The van der Waals surface area contributed by atoms with Crippen molar-refractivity contribution in [2.45, 2.75) is 45.8 Å². The third-order valence-corrected chi connectivity index (χ3v) is 3.58. The van der Waals surface area contributed by atoms with Gasteiger partial charge in [0.1, 0.15) is 11.6 Å². The minimum absolute atomic E-state index is 0.185. The molecule has 0 saturated carbocycles. The zero-order chi connectivity index (χ0) is 15.1. The van der Waals surface area contributed by atoms with Gasteiger partial charge in [0.15, 0.2) is 0 Å². The van der Waals surface area contributed by atoms with Crippen LogP contribution >= 0.6 is 15.9 Å². The van der Waals surface area contributed by atoms with Gasteiger partial charge < -0.3 is 9.64 Å². The molecule has 110 valence electrons. The van der Waals surface area contributed by atoms with E-state index in [4.69, 9.17) is 4.74 Å². The second kappa shape index (κ2) is 5.24. The number of aromatic nitrogens is 1. The topological polar surface area (TPSA) is 51.5 Å². The Morgan fingerprint density at radius 3 is 2.70 bits per heavy atom. The number of hydrogen-bond donors (Lipinski definition) is 0. The van der Waals surface area contributed by atoms with E-state index < -0.39 is 11.6 Å². The molecule has 2 rings (SSSR count). The molecular formula is C14H19BrN2O3. The molecular weight excluding hydrogens is 324 g/mol. The van der Waals surface area contributed by atoms with Gasteiger partial charge in [-0.1, -0.05) is 0 Å². The fourth-order valence-electron chi connectivity index (χ4n) is 2.19. The molecule has 1 aromatic heterocycles. The monoisotopic (exact) mass is 342 g/mol. The van der Waals surface area contributed by atoms with Crippen LogP contribution in [-0.4, -0.2) is 39.7 Å². The number of carbonyl (C=O) groups is 2. The Balaban J connectivity index is 2.15. The largest absolute Gasteiger partial charge is 0.458 e. The minimum atomic E-state index is -0.587. The average molecular weight is 343 g/mol. The highest BCUT2D eigenvalue weighted by molar-refractivity contribution is 9.10. The van der Waals surface area contributed by atoms with Crippen LogP contribution in [0, 0.1) is 0 Å². The second-order valence-electron chi connectivity index (χ2n) is 5.96. The van der Waals surface area contributed by atoms with E-state index in [-0.39, 0.29) is 12.0 Å². The van der Waals surface area contributed by atoms with Crippen molar-refractivity contribution < 1.29 is 14.3 Å². The SMILES string of the molecule is CC(C(=O)OC(C)(C)C)N1CCc2cc(Br)cn2C1=O. The van der Waals surface area contributed by atoms with Gasteiger partial charge in [-0.25, -0.2) is 9.59 Å². The van der Waals surface area contributed by atoms with Crippen molar-refractivity contribution in [1.82, 2.24) is 9.47 Å². The van der Waals surface area contributed by atoms with E-state index >= 15 is 0 Å². The van der Waals surface area contributed by atoms with E-state index in [1.807, 2.05) is 26.8 Å². The van der Waals surface area contributed by atoms with Gasteiger partial charge in [-0.15, -0.1) is 0 Å². The molecule has 1 aliphatic rings. The van der Waals surface area contributed by atoms with Crippen molar-refractivity contribution in [3.63, 3.8) is 0 Å². The highest BCUT2D eigenvalue weighted by Crippen LogP contribution is 2.22. The molecule has 0 N–H and O–H groups in total. The van der Waals surface area contributed by atoms with Crippen LogP contribution in [0.1, 0.15) is 33.4 Å². The predicted molar refractivity (Wildman–Crippen MR) is 78.6 cm³/mol. The van der Waals surface area contributed by atoms with Gasteiger partial charge in [0, 0.05) is 29.3 Å². The molecule has 0 aliphatic carbocycles. The van der Waals surface area contributed by atoms with E-state index in [0.29, 0.717) is 6.54 Å². The van der Waals surface area contributed by atoms with Crippen LogP contribution in [0.5, 0.6) is 0 Å². The molecule has 1 atom stereocenters. The summed E-state index contributed by atoms with van der Waals surface area (Å²) >= 11 is 3.36. The molecule has 0 radical (unpaired) electrons. The molecule has 2 heterocycles. The zero-order valence-corrected chi connectivity index (χ0v) is 13.7. The third-order valence-electron chi connectivity index (χ3n) is 3.14. The molecule has 6 heteroatoms. The minimum Gasteiger partial charge on any atom is -0.458 e. The van der Waals surface area contributed by atoms with E-state index in [1.165, 1.54) is 0 Å². The van der Waals surface area contributed by atoms with E-state index in [0.717, 1.165) is 16.6 Å². The van der Waals surface area contributed by atoms with Crippen LogP contribution in [0.15, 0.2) is 16.7 Å². The van der Waals surface area contributed by atoms with Gasteiger partial charge in [0.05, 0.1) is 0 Å². The van der Waals surface area contributed by atoms with Crippen molar-refractivity contribution in [3.8, 4) is 0 Å². The summed E-state index contributed by atoms with van der Waals surface area (Å²) in [6.45, 7) is 7.68. The Morgan fingerprint density at radius 1 is 1.45 bits per heavy atom. The molecule has 0 spiro atoms. The number of esters is 1. The Hall–Kier alpha value is -1.30. The summed E-state index contributed by atoms with van der Waals surface area (Å²) < 4.78 is 7.79. The highest BCUT2D eigenvalue weighted by atomic mass is 79.9. The van der Waals surface area contributed by atoms with E-state index in [9.17, 15) is 9.59 Å². The van der Waals surface area contributed by atoms with Gasteiger partial charge in [0.2, 0.25) is 0 Å². The van der Waals surface area contributed by atoms with Crippen LogP contribution < -0.4 is 0 Å². The zero-order valence-electron chi connectivity index (χ0n) is 12.1. The molecule has 0 saturated heterocycles. The Morgan fingerprint density at radius 2 is 2.10 bits per heavy atom. The molecule has 1 aliphatic heterocycles. The number of halogens is 1. The maximum atomic E-state index is 12.4. The van der Waals surface area contributed by atoms with Gasteiger partial charge in [-0.05, 0) is 49.7 Å². The summed E-state index contributed by atoms with van der Waals surface area (Å²) in [5, 5.41) is 0. The first-order valence-corrected chi connectivity index (χ1v) is 7.39. The number of nitrogens with zero attached hydrogens (tertiary/aromatic N) is 2. The van der Waals surface area contributed by atoms with Crippen LogP contribution in [0.4, 0.5) is 4.79 Å². The fraction of sp³-hybridized carbons (Fsp3) is 0.571. The quantitative estimate of drug-likeness (QED) is 0.776. The molecule has 1 amide bonds. The Labute approximate surface area is 127 Å². The first-order valence-electron chi connectivity index (χ1n) is 6.59. The van der Waals surface area contributed by atoms with Crippen molar-refractivity contribution in [2.24, 2.45) is 0 Å². The lowest BCUT2D eigenvalue weighted by molar-refractivity contribution is -0.159. The summed E-state index contributed by atoms with van der Waals surface area (Å²) in [6.07, 6.45) is 2.45. The molecule has 1 unspecified atom stereocenters. The van der Waals surface area contributed by atoms with Crippen molar-refractivity contribution in [2.75, 3.05) is 6.54 Å². The van der Waals surface area contributed by atoms with Crippen LogP contribution in [0.25, 0.3) is 0 Å². The van der Waals surface area contributed by atoms with Gasteiger partial charge >= 0.3 is 12.0 Å². The van der Waals surface area contributed by atoms with Crippen molar-refractivity contribution in [1.29, 1.82) is 0 Å². The first-order chi connectivity index (χ1) is 9.19. The molecule has 5 nitrogen and oxygen atoms in total. The molecule has 20 heavy (non-hydrogen) atoms. The summed E-state index contributed by atoms with van der Waals surface area (Å²) in [5.41, 5.74) is 0.403. The number of amides is 1. The lowest BCUT2D eigenvalue weighted by Gasteiger charge is -2.33. The number of hydrogen-bond acceptors (Lipinski definition) is 3. The Bertz CT molecular complexity index is 545. The van der Waals surface area contributed by atoms with Crippen molar-refractivity contribution >= 4 is 27.9 Å². The van der Waals surface area contributed by atoms with Crippen molar-refractivity contribution in [3.05, 3.63) is 22.4 Å². The average Bonchev–Trinajstić information content (AvgIpc) is 2.68. The second-order valence-corrected chi connectivity index (χ2v) is 6.87. The lowest BCUT2D eigenvalue weighted by Crippen LogP contribution is -2.50. The summed E-state index contributed by atoms with van der Waals surface area (Å²) in [5.74, 6) is -0.375. The summed E-state index contributed by atoms with van der Waals surface area (Å²) in [6, 6.07) is 1.15. The lowest BCUT2D eigenvalue weighted by atomic mass is 10.1. The normalized spacial score (nSPS) is 16.9. The van der Waals surface area contributed by atoms with Crippen LogP contribution in [-0.2, 0) is 16.0 Å². The predicted octanol–water partition coefficient (Wildman–Crippen LogP) is 2.81. The fourth-order valence-corrected chi connectivity index (χ4v) is 2.65. The van der Waals surface area contributed by atoms with Crippen LogP contribution in [0.3, 0.4) is 0 Å². The van der Waals surface area contributed by atoms with Gasteiger partial charge in [-0.3, -0.25) is 4.57 Å². The maximum absolute atomic E-state index is 12.4. The van der Waals surface area contributed by atoms with Crippen LogP contribution in [0.2, 0.25) is 0 Å². The first kappa shape index (κ1) is 15.1. The molecule has 0 fully saturated rings. The highest BCUT2D eigenvalue weighted by Gasteiger charge is 2.33. The van der Waals surface area contributed by atoms with Gasteiger partial charge in [0.25, 0.3) is 0 Å². The number of fused-ring (bicyclic) bond motifs is 1. The molecule has 0 bridgehead atoms. The smallest absolute Gasteiger partial charge is 0.329 e. The van der Waals surface area contributed by atoms with E-state index in [2.05, 4.69) is 15.9 Å². The van der Waals surface area contributed by atoms with Gasteiger partial charge in [-0.2, -0.15) is 0 Å². The number of rotatable bonds is 2. The summed E-state index contributed by atoms with van der Waals surface area (Å²) in [7, 11) is 0. The molecule has 1 aromatic rings. The van der Waals surface area contributed by atoms with E-state index in [1.54, 1.807) is 22.6 Å². The maximum Gasteiger partial charge on any atom is 0.329 e. The number of carbonyl (C=O) groups excluding carboxylic acids is 2. The molecule has 0 aromatic carbocycles.